The molecular weight excluding hydrogens is 1660 g/mol. The molecule has 20 nitrogen and oxygen atoms in total. The Morgan fingerprint density at radius 2 is 0.765 bits per heavy atom. The van der Waals surface area contributed by atoms with Gasteiger partial charge in [-0.25, -0.2) is 0 Å². The Morgan fingerprint density at radius 1 is 0.424 bits per heavy atom. The van der Waals surface area contributed by atoms with Crippen LogP contribution in [0.5, 0.6) is 5.75 Å². The lowest BCUT2D eigenvalue weighted by atomic mass is 9.87. The van der Waals surface area contributed by atoms with Gasteiger partial charge in [-0.1, -0.05) is 263 Å². The van der Waals surface area contributed by atoms with E-state index >= 15 is 0 Å². The predicted octanol–water partition coefficient (Wildman–Crippen LogP) is 22.5. The van der Waals surface area contributed by atoms with Gasteiger partial charge in [0.2, 0.25) is 23.6 Å². The van der Waals surface area contributed by atoms with Crippen molar-refractivity contribution in [1.29, 1.82) is 0 Å². The number of nitrogens with zero attached hydrogens (tertiary/aromatic N) is 8. The van der Waals surface area contributed by atoms with Crippen LogP contribution in [-0.4, -0.2) is 152 Å². The van der Waals surface area contributed by atoms with Crippen LogP contribution in [0.2, 0.25) is 0 Å². The van der Waals surface area contributed by atoms with Gasteiger partial charge in [0.25, 0.3) is 0 Å². The lowest BCUT2D eigenvalue weighted by Crippen LogP contribution is -2.42. The van der Waals surface area contributed by atoms with E-state index in [4.69, 9.17) is 23.6 Å². The third-order valence-corrected chi connectivity index (χ3v) is 23.8. The van der Waals surface area contributed by atoms with Crippen LogP contribution >= 0.6 is 0 Å². The van der Waals surface area contributed by atoms with Crippen LogP contribution in [-0.2, 0) is 78.8 Å². The quantitative estimate of drug-likeness (QED) is 0.0834. The molecule has 9 aromatic rings. The largest absolute Gasteiger partial charge is 0.492 e. The van der Waals surface area contributed by atoms with Crippen LogP contribution in [0.3, 0.4) is 0 Å². The number of amides is 4. The topological polar surface area (TPSA) is 230 Å². The first kappa shape index (κ1) is 112. The lowest BCUT2D eigenvalue weighted by molar-refractivity contribution is -0.125. The molecule has 4 amide bonds. The molecule has 4 aliphatic rings. The second-order valence-electron chi connectivity index (χ2n) is 42.9. The maximum Gasteiger partial charge on any atom is 0.335 e. The second-order valence-corrected chi connectivity index (χ2v) is 43.0. The van der Waals surface area contributed by atoms with Crippen molar-refractivity contribution in [2.75, 3.05) is 131 Å². The highest BCUT2D eigenvalue weighted by Crippen LogP contribution is 2.34. The van der Waals surface area contributed by atoms with Crippen LogP contribution in [0.1, 0.15) is 263 Å². The predicted molar refractivity (Wildman–Crippen MR) is 555 cm³/mol. The van der Waals surface area contributed by atoms with Gasteiger partial charge < -0.3 is 50.8 Å². The van der Waals surface area contributed by atoms with E-state index in [9.17, 15) is 19.2 Å². The molecule has 2 atom stereocenters. The number of likely N-dealkylation sites (tertiary alicyclic amines) is 1. The van der Waals surface area contributed by atoms with E-state index in [2.05, 4.69) is 351 Å². The van der Waals surface area contributed by atoms with Crippen molar-refractivity contribution in [2.24, 2.45) is 11.8 Å². The molecule has 0 bridgehead atoms. The maximum atomic E-state index is 11.8. The third-order valence-electron chi connectivity index (χ3n) is 23.8. The highest BCUT2D eigenvalue weighted by molar-refractivity contribution is 7.51. The average molecular weight is 1830 g/mol. The standard InChI is InChI=1S/2C17H26N2O.C16H25NO.C14H21NO.C13H19NO.C12H15N3.C12H17NO.C10H15N.O2S/c2*1-17(2,3)14-7-9-15(10-8-14)19-11-5-6-13(12-19)16(20)18-4;1-16(2,3)14-6-8-15(9-7-14)18-13-12-17-10-4-5-11-17;1-14(2,3)12-4-6-13(7-5-12)15-8-10-16-11-9-15;1-10(15)14(5)12-8-6-11(7-9-12)13(2,3)4;1-12(2,3)10-5-4-6-11(9-10)15-13-7-8-14-15;1-9(14)13-11-7-5-6-10(8-11)12(2,3)4;1-10(2,3)8-4-6-9(11)7-5-8;1-3-2/h2*7-10,13H,5-6,11-12H2,1-4H3,(H,18,20);6-9H,4-5,10-13H2,1-3H3;4-7H,8-11H2,1-3H3;6-9H,1-5H3;4-9H,1-3H3;5-8H,1-4H3,(H,13,14);4-7H,11H2,1-3H3;/t2*13-;;;;;;;/m10......./s1. The summed E-state index contributed by atoms with van der Waals surface area (Å²) in [6, 6.07) is 67.5. The summed E-state index contributed by atoms with van der Waals surface area (Å²) in [5, 5.41) is 16.5. The fourth-order valence-corrected chi connectivity index (χ4v) is 15.0. The molecule has 0 saturated carbocycles. The number of nitrogens with one attached hydrogen (secondary N) is 3. The van der Waals surface area contributed by atoms with Crippen molar-refractivity contribution in [1.82, 2.24) is 30.5 Å². The third kappa shape index (κ3) is 39.7. The molecule has 0 radical (unpaired) electrons. The molecule has 1 aromatic heterocycles. The zero-order chi connectivity index (χ0) is 98.6. The summed E-state index contributed by atoms with van der Waals surface area (Å²) in [7, 11) is 5.23. The molecule has 4 saturated heterocycles. The maximum absolute atomic E-state index is 11.8. The summed E-state index contributed by atoms with van der Waals surface area (Å²) in [5.41, 5.74) is 25.0. The Morgan fingerprint density at radius 3 is 1.12 bits per heavy atom. The van der Waals surface area contributed by atoms with E-state index < -0.39 is 11.6 Å². The van der Waals surface area contributed by atoms with Crippen LogP contribution in [0, 0.1) is 11.8 Å². The summed E-state index contributed by atoms with van der Waals surface area (Å²) in [6.45, 7) is 67.8. The molecule has 13 rings (SSSR count). The van der Waals surface area contributed by atoms with Crippen LogP contribution in [0.25, 0.3) is 5.69 Å². The first-order chi connectivity index (χ1) is 61.7. The first-order valence-corrected chi connectivity index (χ1v) is 47.8. The highest BCUT2D eigenvalue weighted by atomic mass is 32.1. The highest BCUT2D eigenvalue weighted by Gasteiger charge is 2.29. The average Bonchev–Trinajstić information content (AvgIpc) is 1.41. The van der Waals surface area contributed by atoms with Crippen molar-refractivity contribution in [3.63, 3.8) is 0 Å². The Hall–Kier alpha value is -10.5. The molecule has 722 valence electrons. The number of anilines is 6. The van der Waals surface area contributed by atoms with Gasteiger partial charge in [0.1, 0.15) is 12.4 Å². The second kappa shape index (κ2) is 52.3. The minimum Gasteiger partial charge on any atom is -0.492 e. The fraction of sp³-hybridized carbons (Fsp3) is 0.514. The van der Waals surface area contributed by atoms with E-state index in [1.54, 1.807) is 50.2 Å². The number of benzene rings is 8. The van der Waals surface area contributed by atoms with Crippen LogP contribution < -0.4 is 46.0 Å². The van der Waals surface area contributed by atoms with E-state index in [-0.39, 0.29) is 78.8 Å². The van der Waals surface area contributed by atoms with Crippen molar-refractivity contribution in [3.8, 4) is 11.4 Å². The Kier molecular flexibility index (Phi) is 44.3. The molecule has 0 aliphatic carbocycles. The summed E-state index contributed by atoms with van der Waals surface area (Å²) < 4.78 is 27.7. The number of nitrogens with two attached hydrogens (primary N) is 1. The number of nitrogen functional groups attached to an aromatic ring is 1. The van der Waals surface area contributed by atoms with E-state index in [1.807, 2.05) is 54.6 Å². The fourth-order valence-electron chi connectivity index (χ4n) is 15.0. The summed E-state index contributed by atoms with van der Waals surface area (Å²) in [6.07, 6.45) is 10.2. The number of piperidine rings is 2. The minimum absolute atomic E-state index is 0.0314. The van der Waals surface area contributed by atoms with E-state index in [1.165, 1.54) is 94.4 Å². The van der Waals surface area contributed by atoms with Crippen LogP contribution in [0.4, 0.5) is 34.1 Å². The number of rotatable bonds is 12. The lowest BCUT2D eigenvalue weighted by Gasteiger charge is -2.34. The van der Waals surface area contributed by atoms with Gasteiger partial charge in [-0.3, -0.25) is 24.1 Å². The van der Waals surface area contributed by atoms with E-state index in [0.29, 0.717) is 0 Å². The molecule has 4 aliphatic heterocycles. The molecular formula is C111H164N12O8S. The van der Waals surface area contributed by atoms with Gasteiger partial charge in [0, 0.05) is 115 Å². The van der Waals surface area contributed by atoms with Gasteiger partial charge in [-0.15, -0.1) is 0 Å². The monoisotopic (exact) mass is 1830 g/mol. The van der Waals surface area contributed by atoms with Gasteiger partial charge in [-0.05, 0) is 237 Å². The number of hydrogen-bond donors (Lipinski definition) is 4. The van der Waals surface area contributed by atoms with Gasteiger partial charge in [-0.2, -0.15) is 23.4 Å². The van der Waals surface area contributed by atoms with Gasteiger partial charge in [0.15, 0.2) is 0 Å². The molecule has 0 unspecified atom stereocenters. The molecule has 5 N–H and O–H groups in total. The Bertz CT molecular complexity index is 4820. The first-order valence-electron chi connectivity index (χ1n) is 47.2. The Balaban J connectivity index is 0.000000267. The number of carbonyl (C=O) groups is 4. The minimum atomic E-state index is -0.750. The number of ether oxygens (including phenoxy) is 2. The van der Waals surface area contributed by atoms with E-state index in [0.717, 1.165) is 120 Å². The van der Waals surface area contributed by atoms with Crippen molar-refractivity contribution >= 4 is 69.3 Å². The van der Waals surface area contributed by atoms with Crippen molar-refractivity contribution < 1.29 is 37.1 Å². The molecule has 21 heteroatoms. The summed E-state index contributed by atoms with van der Waals surface area (Å²) in [5.74, 6) is 1.59. The zero-order valence-electron chi connectivity index (χ0n) is 85.8. The van der Waals surface area contributed by atoms with Gasteiger partial charge >= 0.3 is 11.6 Å². The molecule has 5 heterocycles. The summed E-state index contributed by atoms with van der Waals surface area (Å²) >= 11 is -0.750. The smallest absolute Gasteiger partial charge is 0.335 e. The SMILES string of the molecule is CC(=O)N(C)c1ccc(C(C)(C)C)cc1.CC(=O)Nc1cccc(C(C)(C)C)c1.CC(C)(C)c1ccc(N)cc1.CC(C)(C)c1ccc(N2CCOCC2)cc1.CC(C)(C)c1ccc(OCCN2CCCC2)cc1.CC(C)(C)c1cccc(-n2nccn2)c1.CNC(=O)[C@@H]1CCCN(c2ccc(C(C)(C)C)cc2)C1.CNC(=O)[C@H]1CCCN(c2ccc(C(C)(C)C)cc2)C1.O=S=O. The van der Waals surface area contributed by atoms with Crippen LogP contribution in [0.15, 0.2) is 207 Å². The van der Waals surface area contributed by atoms with Crippen molar-refractivity contribution in [3.05, 3.63) is 251 Å². The Labute approximate surface area is 798 Å². The summed E-state index contributed by atoms with van der Waals surface area (Å²) in [4.78, 5) is 58.4. The van der Waals surface area contributed by atoms with Crippen molar-refractivity contribution in [2.45, 2.75) is 262 Å². The molecule has 0 spiro atoms. The molecule has 4 fully saturated rings. The number of carbonyl (C=O) groups excluding carboxylic acids is 4. The van der Waals surface area contributed by atoms with Gasteiger partial charge in [0.05, 0.1) is 43.1 Å². The molecule has 132 heavy (non-hydrogen) atoms. The normalized spacial score (nSPS) is 15.3. The number of hydrogen-bond acceptors (Lipinski definition) is 15. The molecule has 8 aromatic carbocycles. The number of aromatic nitrogens is 3. The zero-order valence-corrected chi connectivity index (χ0v) is 86.7. The number of morpholine rings is 1.